The molecule has 3 heteroatoms. The third-order valence-electron chi connectivity index (χ3n) is 2.95. The van der Waals surface area contributed by atoms with E-state index in [0.29, 0.717) is 17.9 Å². The van der Waals surface area contributed by atoms with Crippen LogP contribution in [0.25, 0.3) is 5.57 Å². The first kappa shape index (κ1) is 11.7. The molecule has 1 aliphatic rings. The van der Waals surface area contributed by atoms with Gasteiger partial charge in [0.05, 0.1) is 14.2 Å². The molecule has 0 radical (unpaired) electrons. The average molecular weight is 232 g/mol. The smallest absolute Gasteiger partial charge is 0.163 e. The number of hydrogen-bond acceptors (Lipinski definition) is 3. The first-order valence-electron chi connectivity index (χ1n) is 5.72. The molecule has 1 aromatic carbocycles. The van der Waals surface area contributed by atoms with Crippen molar-refractivity contribution in [3.05, 3.63) is 29.8 Å². The van der Waals surface area contributed by atoms with Crippen LogP contribution >= 0.6 is 0 Å². The van der Waals surface area contributed by atoms with Crippen LogP contribution in [0.5, 0.6) is 11.5 Å². The van der Waals surface area contributed by atoms with Crippen molar-refractivity contribution < 1.29 is 14.3 Å². The number of benzene rings is 1. The summed E-state index contributed by atoms with van der Waals surface area (Å²) in [7, 11) is 3.20. The number of carbonyl (C=O) groups excluding carboxylic acids is 1. The Kier molecular flexibility index (Phi) is 3.47. The van der Waals surface area contributed by atoms with Crippen molar-refractivity contribution in [3.63, 3.8) is 0 Å². The second kappa shape index (κ2) is 5.04. The molecular weight excluding hydrogens is 216 g/mol. The Morgan fingerprint density at radius 2 is 1.88 bits per heavy atom. The van der Waals surface area contributed by atoms with E-state index in [9.17, 15) is 4.79 Å². The zero-order valence-electron chi connectivity index (χ0n) is 10.2. The van der Waals surface area contributed by atoms with Crippen LogP contribution in [0.3, 0.4) is 0 Å². The van der Waals surface area contributed by atoms with Crippen LogP contribution in [-0.4, -0.2) is 20.0 Å². The molecule has 0 atom stereocenters. The van der Waals surface area contributed by atoms with Gasteiger partial charge in [-0.2, -0.15) is 0 Å². The monoisotopic (exact) mass is 232 g/mol. The average Bonchev–Trinajstić information content (AvgIpc) is 2.38. The maximum absolute atomic E-state index is 11.8. The highest BCUT2D eigenvalue weighted by molar-refractivity contribution is 6.21. The predicted octanol–water partition coefficient (Wildman–Crippen LogP) is 2.84. The second-order valence-corrected chi connectivity index (χ2v) is 4.00. The topological polar surface area (TPSA) is 35.5 Å². The molecular formula is C14H16O3. The SMILES string of the molecule is COc1ccc(C2=CCCCC2=O)cc1OC. The molecule has 0 bridgehead atoms. The van der Waals surface area contributed by atoms with Gasteiger partial charge in [-0.25, -0.2) is 0 Å². The number of carbonyl (C=O) groups is 1. The van der Waals surface area contributed by atoms with E-state index in [2.05, 4.69) is 0 Å². The molecule has 2 rings (SSSR count). The van der Waals surface area contributed by atoms with Crippen molar-refractivity contribution in [1.82, 2.24) is 0 Å². The van der Waals surface area contributed by atoms with Crippen molar-refractivity contribution in [2.75, 3.05) is 14.2 Å². The highest BCUT2D eigenvalue weighted by Crippen LogP contribution is 2.32. The van der Waals surface area contributed by atoms with Gasteiger partial charge in [0.15, 0.2) is 17.3 Å². The maximum Gasteiger partial charge on any atom is 0.163 e. The largest absolute Gasteiger partial charge is 0.493 e. The van der Waals surface area contributed by atoms with Crippen LogP contribution in [0.15, 0.2) is 24.3 Å². The lowest BCUT2D eigenvalue weighted by atomic mass is 9.92. The van der Waals surface area contributed by atoms with Gasteiger partial charge in [0.1, 0.15) is 0 Å². The van der Waals surface area contributed by atoms with E-state index in [1.54, 1.807) is 14.2 Å². The zero-order chi connectivity index (χ0) is 12.3. The molecule has 0 heterocycles. The summed E-state index contributed by atoms with van der Waals surface area (Å²) in [5, 5.41) is 0. The minimum absolute atomic E-state index is 0.212. The number of ether oxygens (including phenoxy) is 2. The second-order valence-electron chi connectivity index (χ2n) is 4.00. The summed E-state index contributed by atoms with van der Waals surface area (Å²) in [4.78, 5) is 11.8. The highest BCUT2D eigenvalue weighted by Gasteiger charge is 2.16. The normalized spacial score (nSPS) is 15.4. The van der Waals surface area contributed by atoms with Crippen LogP contribution in [0.4, 0.5) is 0 Å². The minimum atomic E-state index is 0.212. The fourth-order valence-electron chi connectivity index (χ4n) is 2.04. The molecule has 1 aliphatic carbocycles. The quantitative estimate of drug-likeness (QED) is 0.803. The molecule has 0 spiro atoms. The van der Waals surface area contributed by atoms with Crippen LogP contribution in [0.2, 0.25) is 0 Å². The number of rotatable bonds is 3. The summed E-state index contributed by atoms with van der Waals surface area (Å²) in [6.07, 6.45) is 4.57. The van der Waals surface area contributed by atoms with Crippen LogP contribution in [0, 0.1) is 0 Å². The van der Waals surface area contributed by atoms with Crippen molar-refractivity contribution in [2.45, 2.75) is 19.3 Å². The number of hydrogen-bond donors (Lipinski definition) is 0. The van der Waals surface area contributed by atoms with E-state index < -0.39 is 0 Å². The Morgan fingerprint density at radius 1 is 1.12 bits per heavy atom. The van der Waals surface area contributed by atoms with Gasteiger partial charge in [-0.3, -0.25) is 4.79 Å². The molecule has 3 nitrogen and oxygen atoms in total. The summed E-state index contributed by atoms with van der Waals surface area (Å²) < 4.78 is 10.4. The summed E-state index contributed by atoms with van der Waals surface area (Å²) in [5.41, 5.74) is 1.71. The van der Waals surface area contributed by atoms with Crippen LogP contribution in [0.1, 0.15) is 24.8 Å². The summed E-state index contributed by atoms with van der Waals surface area (Å²) in [5.74, 6) is 1.55. The molecule has 0 amide bonds. The Bertz CT molecular complexity index is 461. The van der Waals surface area contributed by atoms with Gasteiger partial charge in [0.2, 0.25) is 0 Å². The summed E-state index contributed by atoms with van der Waals surface area (Å²) in [6.45, 7) is 0. The molecule has 17 heavy (non-hydrogen) atoms. The number of Topliss-reactive ketones (excluding diaryl/α,β-unsaturated/α-hetero) is 1. The molecule has 0 saturated carbocycles. The van der Waals surface area contributed by atoms with Gasteiger partial charge in [-0.05, 0) is 30.5 Å². The molecule has 0 saturated heterocycles. The van der Waals surface area contributed by atoms with E-state index in [1.165, 1.54) is 0 Å². The first-order chi connectivity index (χ1) is 8.26. The van der Waals surface area contributed by atoms with Crippen LogP contribution in [-0.2, 0) is 4.79 Å². The fraction of sp³-hybridized carbons (Fsp3) is 0.357. The van der Waals surface area contributed by atoms with E-state index in [0.717, 1.165) is 24.0 Å². The van der Waals surface area contributed by atoms with Crippen molar-refractivity contribution in [1.29, 1.82) is 0 Å². The third-order valence-corrected chi connectivity index (χ3v) is 2.95. The first-order valence-corrected chi connectivity index (χ1v) is 5.72. The fourth-order valence-corrected chi connectivity index (χ4v) is 2.04. The van der Waals surface area contributed by atoms with Gasteiger partial charge in [0, 0.05) is 12.0 Å². The Morgan fingerprint density at radius 3 is 2.53 bits per heavy atom. The van der Waals surface area contributed by atoms with E-state index in [-0.39, 0.29) is 5.78 Å². The Balaban J connectivity index is 2.39. The van der Waals surface area contributed by atoms with E-state index in [1.807, 2.05) is 24.3 Å². The van der Waals surface area contributed by atoms with Crippen LogP contribution < -0.4 is 9.47 Å². The van der Waals surface area contributed by atoms with E-state index in [4.69, 9.17) is 9.47 Å². The molecule has 1 aromatic rings. The third kappa shape index (κ3) is 2.33. The molecule has 0 fully saturated rings. The lowest BCUT2D eigenvalue weighted by Gasteiger charge is -2.14. The number of methoxy groups -OCH3 is 2. The van der Waals surface area contributed by atoms with Gasteiger partial charge in [-0.1, -0.05) is 12.1 Å². The Labute approximate surface area is 101 Å². The van der Waals surface area contributed by atoms with Crippen molar-refractivity contribution >= 4 is 11.4 Å². The molecule has 0 N–H and O–H groups in total. The van der Waals surface area contributed by atoms with Crippen molar-refractivity contribution in [3.8, 4) is 11.5 Å². The summed E-state index contributed by atoms with van der Waals surface area (Å²) in [6, 6.07) is 5.58. The minimum Gasteiger partial charge on any atom is -0.493 e. The van der Waals surface area contributed by atoms with Crippen molar-refractivity contribution in [2.24, 2.45) is 0 Å². The van der Waals surface area contributed by atoms with E-state index >= 15 is 0 Å². The maximum atomic E-state index is 11.8. The lowest BCUT2D eigenvalue weighted by molar-refractivity contribution is -0.114. The Hall–Kier alpha value is -1.77. The number of allylic oxidation sites excluding steroid dienone is 2. The lowest BCUT2D eigenvalue weighted by Crippen LogP contribution is -2.06. The number of ketones is 1. The summed E-state index contributed by atoms with van der Waals surface area (Å²) >= 11 is 0. The molecule has 0 unspecified atom stereocenters. The highest BCUT2D eigenvalue weighted by atomic mass is 16.5. The van der Waals surface area contributed by atoms with Gasteiger partial charge in [0.25, 0.3) is 0 Å². The molecule has 0 aliphatic heterocycles. The molecule has 90 valence electrons. The van der Waals surface area contributed by atoms with Gasteiger partial charge < -0.3 is 9.47 Å². The van der Waals surface area contributed by atoms with Gasteiger partial charge in [-0.15, -0.1) is 0 Å². The predicted molar refractivity (Wildman–Crippen MR) is 66.4 cm³/mol. The molecule has 0 aromatic heterocycles. The standard InChI is InChI=1S/C14H16O3/c1-16-13-8-7-10(9-14(13)17-2)11-5-3-4-6-12(11)15/h5,7-9H,3-4,6H2,1-2H3. The zero-order valence-corrected chi connectivity index (χ0v) is 10.2. The van der Waals surface area contributed by atoms with Gasteiger partial charge >= 0.3 is 0 Å².